The molecule has 3 rings (SSSR count). The van der Waals surface area contributed by atoms with E-state index in [-0.39, 0.29) is 22.3 Å². The molecule has 1 aliphatic carbocycles. The Labute approximate surface area is 152 Å². The molecular weight excluding hydrogens is 328 g/mol. The first-order valence-corrected chi connectivity index (χ1v) is 8.52. The SMILES string of the molecule is Cc1c(NC2=C(C#N)C(=O)CC(C)(C)C2)c(=O)n(-c2ccccc2)n1C. The van der Waals surface area contributed by atoms with E-state index in [1.807, 2.05) is 64.2 Å². The van der Waals surface area contributed by atoms with Gasteiger partial charge in [0.1, 0.15) is 17.3 Å². The third kappa shape index (κ3) is 2.97. The highest BCUT2D eigenvalue weighted by Gasteiger charge is 2.34. The average Bonchev–Trinajstić information content (AvgIpc) is 2.78. The number of para-hydroxylation sites is 1. The molecule has 6 nitrogen and oxygen atoms in total. The minimum atomic E-state index is -0.249. The number of nitriles is 1. The number of aromatic nitrogens is 2. The number of ketones is 1. The summed E-state index contributed by atoms with van der Waals surface area (Å²) in [6.07, 6.45) is 0.879. The molecule has 1 aromatic heterocycles. The Balaban J connectivity index is 2.11. The van der Waals surface area contributed by atoms with Crippen LogP contribution in [0.2, 0.25) is 0 Å². The lowest BCUT2D eigenvalue weighted by Gasteiger charge is -2.30. The molecular formula is C20H22N4O2. The van der Waals surface area contributed by atoms with Crippen LogP contribution in [0.3, 0.4) is 0 Å². The van der Waals surface area contributed by atoms with Gasteiger partial charge in [-0.25, -0.2) is 4.68 Å². The van der Waals surface area contributed by atoms with E-state index in [0.29, 0.717) is 24.2 Å². The molecule has 0 atom stereocenters. The predicted molar refractivity (Wildman–Crippen MR) is 100 cm³/mol. The fourth-order valence-electron chi connectivity index (χ4n) is 3.42. The van der Waals surface area contributed by atoms with Gasteiger partial charge in [-0.1, -0.05) is 32.0 Å². The van der Waals surface area contributed by atoms with Crippen molar-refractivity contribution in [1.82, 2.24) is 9.36 Å². The summed E-state index contributed by atoms with van der Waals surface area (Å²) in [7, 11) is 1.81. The largest absolute Gasteiger partial charge is 0.352 e. The maximum absolute atomic E-state index is 13.0. The van der Waals surface area contributed by atoms with Crippen molar-refractivity contribution in [2.24, 2.45) is 12.5 Å². The quantitative estimate of drug-likeness (QED) is 0.922. The molecule has 1 heterocycles. The number of allylic oxidation sites excluding steroid dienone is 2. The number of benzene rings is 1. The Hall–Kier alpha value is -3.07. The predicted octanol–water partition coefficient (Wildman–Crippen LogP) is 3.06. The van der Waals surface area contributed by atoms with Crippen LogP contribution in [0.5, 0.6) is 0 Å². The van der Waals surface area contributed by atoms with E-state index in [9.17, 15) is 14.9 Å². The molecule has 26 heavy (non-hydrogen) atoms. The van der Waals surface area contributed by atoms with E-state index in [4.69, 9.17) is 0 Å². The van der Waals surface area contributed by atoms with Crippen LogP contribution in [-0.4, -0.2) is 15.1 Å². The van der Waals surface area contributed by atoms with E-state index in [0.717, 1.165) is 11.4 Å². The van der Waals surface area contributed by atoms with Gasteiger partial charge in [0.15, 0.2) is 5.78 Å². The number of hydrogen-bond donors (Lipinski definition) is 1. The molecule has 0 saturated carbocycles. The molecule has 1 N–H and O–H groups in total. The van der Waals surface area contributed by atoms with Crippen molar-refractivity contribution in [1.29, 1.82) is 5.26 Å². The minimum Gasteiger partial charge on any atom is -0.352 e. The highest BCUT2D eigenvalue weighted by Crippen LogP contribution is 2.37. The average molecular weight is 350 g/mol. The fraction of sp³-hybridized carbons (Fsp3) is 0.350. The molecule has 1 aliphatic rings. The number of nitrogens with one attached hydrogen (secondary N) is 1. The second kappa shape index (κ2) is 6.34. The van der Waals surface area contributed by atoms with Crippen LogP contribution in [-0.2, 0) is 11.8 Å². The van der Waals surface area contributed by atoms with Gasteiger partial charge in [0, 0.05) is 19.2 Å². The van der Waals surface area contributed by atoms with Gasteiger partial charge in [0.25, 0.3) is 5.56 Å². The first-order chi connectivity index (χ1) is 12.2. The molecule has 0 fully saturated rings. The van der Waals surface area contributed by atoms with Crippen molar-refractivity contribution < 1.29 is 4.79 Å². The Morgan fingerprint density at radius 2 is 1.81 bits per heavy atom. The number of carbonyl (C=O) groups excluding carboxylic acids is 1. The number of anilines is 1. The van der Waals surface area contributed by atoms with Gasteiger partial charge in [-0.3, -0.25) is 14.3 Å². The van der Waals surface area contributed by atoms with Gasteiger partial charge in [-0.05, 0) is 30.9 Å². The lowest BCUT2D eigenvalue weighted by atomic mass is 9.76. The van der Waals surface area contributed by atoms with Gasteiger partial charge in [-0.2, -0.15) is 5.26 Å². The smallest absolute Gasteiger partial charge is 0.295 e. The molecule has 0 aliphatic heterocycles. The van der Waals surface area contributed by atoms with Crippen molar-refractivity contribution in [3.8, 4) is 11.8 Å². The third-order valence-electron chi connectivity index (χ3n) is 4.82. The van der Waals surface area contributed by atoms with Crippen molar-refractivity contribution in [2.45, 2.75) is 33.6 Å². The summed E-state index contributed by atoms with van der Waals surface area (Å²) in [5.41, 5.74) is 2.07. The van der Waals surface area contributed by atoms with Crippen LogP contribution in [0.4, 0.5) is 5.69 Å². The molecule has 0 saturated heterocycles. The van der Waals surface area contributed by atoms with Gasteiger partial charge < -0.3 is 5.32 Å². The molecule has 0 radical (unpaired) electrons. The number of rotatable bonds is 3. The third-order valence-corrected chi connectivity index (χ3v) is 4.82. The Morgan fingerprint density at radius 3 is 2.42 bits per heavy atom. The van der Waals surface area contributed by atoms with Crippen LogP contribution < -0.4 is 10.9 Å². The lowest BCUT2D eigenvalue weighted by Crippen LogP contribution is -2.29. The Bertz CT molecular complexity index is 1000. The topological polar surface area (TPSA) is 79.8 Å². The molecule has 134 valence electrons. The summed E-state index contributed by atoms with van der Waals surface area (Å²) < 4.78 is 3.34. The molecule has 2 aromatic rings. The Kier molecular flexibility index (Phi) is 4.33. The second-order valence-electron chi connectivity index (χ2n) is 7.47. The van der Waals surface area contributed by atoms with Gasteiger partial charge in [0.2, 0.25) is 0 Å². The second-order valence-corrected chi connectivity index (χ2v) is 7.47. The summed E-state index contributed by atoms with van der Waals surface area (Å²) in [6.45, 7) is 5.81. The minimum absolute atomic E-state index is 0.123. The molecule has 0 spiro atoms. The Morgan fingerprint density at radius 1 is 1.15 bits per heavy atom. The van der Waals surface area contributed by atoms with E-state index in [2.05, 4.69) is 5.32 Å². The lowest BCUT2D eigenvalue weighted by molar-refractivity contribution is -0.117. The maximum atomic E-state index is 13.0. The standard InChI is InChI=1S/C20H22N4O2/c1-13-18(19(26)24(23(13)4)14-8-6-5-7-9-14)22-16-10-20(2,3)11-17(25)15(16)12-21/h5-9,22H,10-11H2,1-4H3. The van der Waals surface area contributed by atoms with E-state index >= 15 is 0 Å². The van der Waals surface area contributed by atoms with Gasteiger partial charge in [-0.15, -0.1) is 0 Å². The van der Waals surface area contributed by atoms with Crippen molar-refractivity contribution >= 4 is 11.5 Å². The van der Waals surface area contributed by atoms with E-state index in [1.54, 1.807) is 9.36 Å². The van der Waals surface area contributed by atoms with Crippen LogP contribution in [0.25, 0.3) is 5.69 Å². The first kappa shape index (κ1) is 17.7. The fourth-order valence-corrected chi connectivity index (χ4v) is 3.42. The number of Topliss-reactive ketones (excluding diaryl/α,β-unsaturated/α-hetero) is 1. The van der Waals surface area contributed by atoms with E-state index in [1.165, 1.54) is 0 Å². The highest BCUT2D eigenvalue weighted by atomic mass is 16.1. The van der Waals surface area contributed by atoms with Crippen LogP contribution in [0.15, 0.2) is 46.4 Å². The number of nitrogens with zero attached hydrogens (tertiary/aromatic N) is 3. The van der Waals surface area contributed by atoms with Crippen LogP contribution in [0.1, 0.15) is 32.4 Å². The van der Waals surface area contributed by atoms with Crippen molar-refractivity contribution in [3.05, 3.63) is 57.6 Å². The molecule has 6 heteroatoms. The summed E-state index contributed by atoms with van der Waals surface area (Å²) in [4.78, 5) is 25.3. The molecule has 1 aromatic carbocycles. The molecule has 0 bridgehead atoms. The van der Waals surface area contributed by atoms with Gasteiger partial charge in [0.05, 0.1) is 11.4 Å². The number of carbonyl (C=O) groups is 1. The number of hydrogen-bond acceptors (Lipinski definition) is 4. The summed E-state index contributed by atoms with van der Waals surface area (Å²) in [5, 5.41) is 12.5. The zero-order valence-electron chi connectivity index (χ0n) is 15.5. The van der Waals surface area contributed by atoms with Crippen LogP contribution >= 0.6 is 0 Å². The summed E-state index contributed by atoms with van der Waals surface area (Å²) in [5.74, 6) is -0.178. The van der Waals surface area contributed by atoms with Gasteiger partial charge >= 0.3 is 0 Å². The molecule has 0 amide bonds. The summed E-state index contributed by atoms with van der Waals surface area (Å²) >= 11 is 0. The molecule has 0 unspecified atom stereocenters. The normalized spacial score (nSPS) is 16.5. The first-order valence-electron chi connectivity index (χ1n) is 8.52. The monoisotopic (exact) mass is 350 g/mol. The van der Waals surface area contributed by atoms with Crippen molar-refractivity contribution in [2.75, 3.05) is 5.32 Å². The zero-order chi connectivity index (χ0) is 19.1. The highest BCUT2D eigenvalue weighted by molar-refractivity contribution is 6.01. The van der Waals surface area contributed by atoms with Crippen molar-refractivity contribution in [3.63, 3.8) is 0 Å². The van der Waals surface area contributed by atoms with E-state index < -0.39 is 0 Å². The maximum Gasteiger partial charge on any atom is 0.295 e. The van der Waals surface area contributed by atoms with Crippen LogP contribution in [0, 0.1) is 23.7 Å². The zero-order valence-corrected chi connectivity index (χ0v) is 15.5. The summed E-state index contributed by atoms with van der Waals surface area (Å²) in [6, 6.07) is 11.4.